The number of rotatable bonds is 8. The average Bonchev–Trinajstić information content (AvgIpc) is 3.30. The molecule has 0 bridgehead atoms. The molecule has 45 heavy (non-hydrogen) atoms. The number of alkyl halides is 3. The van der Waals surface area contributed by atoms with E-state index in [0.29, 0.717) is 30.1 Å². The molecule has 0 heterocycles. The zero-order valence-electron chi connectivity index (χ0n) is 27.0. The van der Waals surface area contributed by atoms with Crippen LogP contribution in [0.1, 0.15) is 92.4 Å². The van der Waals surface area contributed by atoms with Crippen molar-refractivity contribution in [3.05, 3.63) is 24.3 Å². The summed E-state index contributed by atoms with van der Waals surface area (Å²) < 4.78 is 69.0. The summed E-state index contributed by atoms with van der Waals surface area (Å²) in [5.74, 6) is 0.250. The number of ether oxygens (including phenoxy) is 1. The van der Waals surface area contributed by atoms with Crippen LogP contribution in [-0.4, -0.2) is 43.1 Å². The van der Waals surface area contributed by atoms with Crippen LogP contribution in [0.15, 0.2) is 29.2 Å². The minimum Gasteiger partial charge on any atom is -0.406 e. The third kappa shape index (κ3) is 6.39. The van der Waals surface area contributed by atoms with Gasteiger partial charge in [-0.25, -0.2) is 13.1 Å². The Morgan fingerprint density at radius 3 is 2.24 bits per heavy atom. The van der Waals surface area contributed by atoms with Gasteiger partial charge in [0.2, 0.25) is 5.91 Å². The van der Waals surface area contributed by atoms with Crippen LogP contribution in [0.2, 0.25) is 0 Å². The number of halogens is 3. The van der Waals surface area contributed by atoms with E-state index in [1.807, 2.05) is 0 Å². The van der Waals surface area contributed by atoms with Gasteiger partial charge in [0, 0.05) is 5.92 Å². The number of nitrogens with one attached hydrogen (secondary N) is 1. The molecule has 0 spiro atoms. The third-order valence-corrected chi connectivity index (χ3v) is 14.3. The molecule has 0 radical (unpaired) electrons. The Bertz CT molecular complexity index is 1340. The minimum absolute atomic E-state index is 0.0136. The number of fused-ring (bicyclic) bond motifs is 5. The molecule has 4 aliphatic rings. The van der Waals surface area contributed by atoms with Crippen LogP contribution < -0.4 is 9.46 Å². The van der Waals surface area contributed by atoms with Crippen LogP contribution in [0.3, 0.4) is 0 Å². The van der Waals surface area contributed by atoms with E-state index in [-0.39, 0.29) is 45.7 Å². The van der Waals surface area contributed by atoms with Gasteiger partial charge in [-0.15, -0.1) is 13.2 Å². The van der Waals surface area contributed by atoms with Gasteiger partial charge in [0.1, 0.15) is 5.75 Å². The number of hydrogen-bond acceptors (Lipinski definition) is 6. The number of amides is 1. The van der Waals surface area contributed by atoms with Crippen molar-refractivity contribution in [2.75, 3.05) is 0 Å². The minimum atomic E-state index is -4.90. The summed E-state index contributed by atoms with van der Waals surface area (Å²) in [5, 5.41) is 22.5. The second-order valence-corrected chi connectivity index (χ2v) is 16.9. The molecule has 5 rings (SSSR count). The van der Waals surface area contributed by atoms with Crippen LogP contribution in [0, 0.1) is 58.2 Å². The summed E-state index contributed by atoms with van der Waals surface area (Å²) in [6.07, 6.45) is 2.62. The number of benzene rings is 1. The van der Waals surface area contributed by atoms with Gasteiger partial charge in [-0.1, -0.05) is 41.0 Å². The SMILES string of the molecule is CC[C@@H]1C2C[C@H](O)CCC2(C)[C@H]2CCC3(C)[C@@H]([C@H](C)C[C@@H](C)C(=O)NS(=O)(=O)c4ccc(OC(F)(F)F)cc4)CC[C@H]3C2[C@@H]1O. The van der Waals surface area contributed by atoms with Crippen LogP contribution in [0.25, 0.3) is 0 Å². The molecule has 1 aromatic rings. The summed E-state index contributed by atoms with van der Waals surface area (Å²) >= 11 is 0. The molecule has 0 aromatic heterocycles. The summed E-state index contributed by atoms with van der Waals surface area (Å²) in [6.45, 7) is 10.8. The number of hydrogen-bond donors (Lipinski definition) is 3. The molecule has 4 saturated carbocycles. The van der Waals surface area contributed by atoms with Gasteiger partial charge in [0.15, 0.2) is 0 Å². The fourth-order valence-electron chi connectivity index (χ4n) is 10.9. The van der Waals surface area contributed by atoms with Crippen molar-refractivity contribution < 1.29 is 41.3 Å². The first-order valence-corrected chi connectivity index (χ1v) is 18.2. The fourth-order valence-corrected chi connectivity index (χ4v) is 12.0. The maximum Gasteiger partial charge on any atom is 0.573 e. The molecule has 4 aliphatic carbocycles. The molecular formula is C34H50F3NO6S. The lowest BCUT2D eigenvalue weighted by molar-refractivity contribution is -0.274. The van der Waals surface area contributed by atoms with Crippen molar-refractivity contribution in [2.24, 2.45) is 58.2 Å². The highest BCUT2D eigenvalue weighted by Crippen LogP contribution is 2.69. The fraction of sp³-hybridized carbons (Fsp3) is 0.794. The maximum atomic E-state index is 13.1. The Kier molecular flexibility index (Phi) is 9.43. The van der Waals surface area contributed by atoms with E-state index in [0.717, 1.165) is 75.6 Å². The van der Waals surface area contributed by atoms with Gasteiger partial charge in [-0.3, -0.25) is 4.79 Å². The van der Waals surface area contributed by atoms with Crippen LogP contribution >= 0.6 is 0 Å². The Labute approximate surface area is 265 Å². The highest BCUT2D eigenvalue weighted by Gasteiger charge is 2.65. The van der Waals surface area contributed by atoms with Gasteiger partial charge in [0.05, 0.1) is 17.1 Å². The largest absolute Gasteiger partial charge is 0.573 e. The number of carbonyl (C=O) groups excluding carboxylic acids is 1. The molecule has 254 valence electrons. The van der Waals surface area contributed by atoms with E-state index in [1.54, 1.807) is 6.92 Å². The van der Waals surface area contributed by atoms with Gasteiger partial charge in [0.25, 0.3) is 10.0 Å². The predicted molar refractivity (Wildman–Crippen MR) is 163 cm³/mol. The molecule has 1 aromatic carbocycles. The van der Waals surface area contributed by atoms with E-state index in [4.69, 9.17) is 0 Å². The highest BCUT2D eigenvalue weighted by molar-refractivity contribution is 7.90. The summed E-state index contributed by atoms with van der Waals surface area (Å²) in [4.78, 5) is 12.8. The summed E-state index contributed by atoms with van der Waals surface area (Å²) in [7, 11) is -4.28. The van der Waals surface area contributed by atoms with E-state index in [1.165, 1.54) is 0 Å². The zero-order valence-corrected chi connectivity index (χ0v) is 27.8. The average molecular weight is 658 g/mol. The number of sulfonamides is 1. The number of aliphatic hydroxyl groups excluding tert-OH is 2. The summed E-state index contributed by atoms with van der Waals surface area (Å²) in [5.41, 5.74) is 0.137. The van der Waals surface area contributed by atoms with Crippen LogP contribution in [0.4, 0.5) is 13.2 Å². The van der Waals surface area contributed by atoms with E-state index in [9.17, 15) is 36.6 Å². The highest BCUT2D eigenvalue weighted by atomic mass is 32.2. The Morgan fingerprint density at radius 1 is 1.00 bits per heavy atom. The third-order valence-electron chi connectivity index (χ3n) is 12.9. The van der Waals surface area contributed by atoms with E-state index >= 15 is 0 Å². The molecule has 4 fully saturated rings. The Hall–Kier alpha value is -1.85. The first-order chi connectivity index (χ1) is 20.9. The van der Waals surface area contributed by atoms with Crippen LogP contribution in [-0.2, 0) is 14.8 Å². The second-order valence-electron chi connectivity index (χ2n) is 15.2. The van der Waals surface area contributed by atoms with Gasteiger partial charge >= 0.3 is 6.36 Å². The number of aliphatic hydroxyl groups is 2. The molecule has 0 aliphatic heterocycles. The quantitative estimate of drug-likeness (QED) is 0.288. The topological polar surface area (TPSA) is 113 Å². The van der Waals surface area contributed by atoms with Gasteiger partial charge in [-0.2, -0.15) is 0 Å². The van der Waals surface area contributed by atoms with Crippen molar-refractivity contribution in [2.45, 2.75) is 116 Å². The van der Waals surface area contributed by atoms with Gasteiger partial charge < -0.3 is 14.9 Å². The standard InChI is InChI=1S/C34H50F3NO6S/c1-6-24-28-18-21(39)13-15-33(28,5)27-14-16-32(4)25(11-12-26(32)29(27)30(24)40)19(2)17-20(3)31(41)38-45(42,43)23-9-7-22(8-10-23)44-34(35,36)37/h7-10,19-21,24-30,39-40H,6,11-18H2,1-5H3,(H,38,41)/t19-,20-,21-,24-,25-,26+,27+,28?,29?,30-,32?,33?/m1/s1. The summed E-state index contributed by atoms with van der Waals surface area (Å²) in [6, 6.07) is 3.74. The van der Waals surface area contributed by atoms with E-state index < -0.39 is 34.0 Å². The Balaban J connectivity index is 1.25. The molecule has 12 atom stereocenters. The molecular weight excluding hydrogens is 607 g/mol. The predicted octanol–water partition coefficient (Wildman–Crippen LogP) is 6.68. The lowest BCUT2D eigenvalue weighted by Crippen LogP contribution is -2.62. The molecule has 1 amide bonds. The number of carbonyl (C=O) groups is 1. The monoisotopic (exact) mass is 657 g/mol. The normalized spacial score (nSPS) is 39.6. The van der Waals surface area contributed by atoms with Crippen molar-refractivity contribution in [3.63, 3.8) is 0 Å². The Morgan fingerprint density at radius 2 is 1.62 bits per heavy atom. The van der Waals surface area contributed by atoms with E-state index in [2.05, 4.69) is 37.2 Å². The molecule has 7 nitrogen and oxygen atoms in total. The lowest BCUT2D eigenvalue weighted by Gasteiger charge is -2.64. The lowest BCUT2D eigenvalue weighted by atomic mass is 9.41. The molecule has 0 saturated heterocycles. The molecule has 4 unspecified atom stereocenters. The smallest absolute Gasteiger partial charge is 0.406 e. The van der Waals surface area contributed by atoms with Crippen molar-refractivity contribution >= 4 is 15.9 Å². The van der Waals surface area contributed by atoms with Gasteiger partial charge in [-0.05, 0) is 128 Å². The van der Waals surface area contributed by atoms with Crippen LogP contribution in [0.5, 0.6) is 5.75 Å². The second kappa shape index (κ2) is 12.3. The molecule has 3 N–H and O–H groups in total. The first kappa shape index (κ1) is 34.5. The van der Waals surface area contributed by atoms with Crippen molar-refractivity contribution in [3.8, 4) is 5.75 Å². The molecule has 11 heteroatoms. The van der Waals surface area contributed by atoms with Crippen molar-refractivity contribution in [1.29, 1.82) is 0 Å². The first-order valence-electron chi connectivity index (χ1n) is 16.7. The van der Waals surface area contributed by atoms with Crippen molar-refractivity contribution in [1.82, 2.24) is 4.72 Å². The zero-order chi connectivity index (χ0) is 33.1. The maximum absolute atomic E-state index is 13.1.